The summed E-state index contributed by atoms with van der Waals surface area (Å²) < 4.78 is 40.7. The molecule has 182 valence electrons. The van der Waals surface area contributed by atoms with Crippen molar-refractivity contribution in [2.45, 2.75) is 48.6 Å². The van der Waals surface area contributed by atoms with Crippen LogP contribution in [0.3, 0.4) is 0 Å². The molecule has 2 fully saturated rings. The second-order valence-electron chi connectivity index (χ2n) is 9.00. The summed E-state index contributed by atoms with van der Waals surface area (Å²) in [6, 6.07) is 9.02. The van der Waals surface area contributed by atoms with E-state index in [4.69, 9.17) is 14.5 Å². The second-order valence-corrected chi connectivity index (χ2v) is 11.6. The molecule has 8 nitrogen and oxygen atoms in total. The lowest BCUT2D eigenvalue weighted by Crippen LogP contribution is -2.53. The van der Waals surface area contributed by atoms with Gasteiger partial charge in [-0.15, -0.1) is 11.3 Å². The molecule has 1 aliphatic heterocycles. The summed E-state index contributed by atoms with van der Waals surface area (Å²) in [5, 5.41) is 3.56. The molecular weight excluding hydrogens is 472 g/mol. The minimum absolute atomic E-state index is 0.191. The van der Waals surface area contributed by atoms with E-state index in [0.29, 0.717) is 13.2 Å². The van der Waals surface area contributed by atoms with Crippen LogP contribution in [0.25, 0.3) is 10.9 Å². The van der Waals surface area contributed by atoms with E-state index in [1.54, 1.807) is 31.5 Å². The van der Waals surface area contributed by atoms with Crippen molar-refractivity contribution in [3.8, 4) is 0 Å². The largest absolute Gasteiger partial charge is 0.382 e. The van der Waals surface area contributed by atoms with Crippen LogP contribution in [0.5, 0.6) is 0 Å². The van der Waals surface area contributed by atoms with E-state index in [2.05, 4.69) is 14.6 Å². The molecule has 2 aromatic heterocycles. The number of hydrogen-bond acceptors (Lipinski definition) is 8. The van der Waals surface area contributed by atoms with Gasteiger partial charge in [0.2, 0.25) is 10.0 Å². The number of nitrogens with zero attached hydrogens (tertiary/aromatic N) is 3. The number of fused-ring (bicyclic) bond motifs is 1. The number of benzene rings is 1. The molecular formula is C24H30N4O4S2. The lowest BCUT2D eigenvalue weighted by atomic mass is 9.83. The summed E-state index contributed by atoms with van der Waals surface area (Å²) in [6.07, 6.45) is 6.57. The van der Waals surface area contributed by atoms with Crippen LogP contribution < -0.4 is 9.62 Å². The summed E-state index contributed by atoms with van der Waals surface area (Å²) in [5.41, 5.74) is 0.148. The van der Waals surface area contributed by atoms with Crippen LogP contribution in [0.2, 0.25) is 0 Å². The average molecular weight is 503 g/mol. The number of hydrogen-bond donors (Lipinski definition) is 1. The van der Waals surface area contributed by atoms with Crippen LogP contribution in [0.15, 0.2) is 46.8 Å². The van der Waals surface area contributed by atoms with Gasteiger partial charge in [0.25, 0.3) is 0 Å². The van der Waals surface area contributed by atoms with Gasteiger partial charge in [-0.3, -0.25) is 0 Å². The number of thiazole rings is 1. The van der Waals surface area contributed by atoms with Gasteiger partial charge in [-0.2, -0.15) is 4.72 Å². The van der Waals surface area contributed by atoms with Gasteiger partial charge in [-0.1, -0.05) is 19.3 Å². The van der Waals surface area contributed by atoms with Crippen molar-refractivity contribution in [1.82, 2.24) is 14.7 Å². The Balaban J connectivity index is 1.32. The predicted molar refractivity (Wildman–Crippen MR) is 133 cm³/mol. The van der Waals surface area contributed by atoms with Crippen LogP contribution in [0.4, 0.5) is 5.82 Å². The smallest absolute Gasteiger partial charge is 0.241 e. The highest BCUT2D eigenvalue weighted by Gasteiger charge is 2.40. The van der Waals surface area contributed by atoms with Crippen LogP contribution >= 0.6 is 11.3 Å². The molecule has 0 spiro atoms. The van der Waals surface area contributed by atoms with Crippen molar-refractivity contribution < 1.29 is 17.9 Å². The molecule has 3 heterocycles. The molecule has 0 unspecified atom stereocenters. The molecule has 1 N–H and O–H groups in total. The topological polar surface area (TPSA) is 93.7 Å². The van der Waals surface area contributed by atoms with E-state index in [1.165, 1.54) is 11.3 Å². The van der Waals surface area contributed by atoms with Gasteiger partial charge in [0.1, 0.15) is 10.8 Å². The van der Waals surface area contributed by atoms with E-state index in [0.717, 1.165) is 66.9 Å². The maximum atomic E-state index is 13.4. The van der Waals surface area contributed by atoms with E-state index in [9.17, 15) is 8.42 Å². The molecule has 3 aromatic rings. The van der Waals surface area contributed by atoms with Crippen molar-refractivity contribution in [3.05, 3.63) is 46.9 Å². The number of ether oxygens (including phenoxy) is 2. The molecule has 0 bridgehead atoms. The summed E-state index contributed by atoms with van der Waals surface area (Å²) in [7, 11) is -2.06. The van der Waals surface area contributed by atoms with Crippen LogP contribution in [0, 0.1) is 0 Å². The van der Waals surface area contributed by atoms with Gasteiger partial charge in [-0.05, 0) is 43.2 Å². The van der Waals surface area contributed by atoms with Crippen molar-refractivity contribution in [2.24, 2.45) is 0 Å². The van der Waals surface area contributed by atoms with Gasteiger partial charge >= 0.3 is 0 Å². The third kappa shape index (κ3) is 4.83. The van der Waals surface area contributed by atoms with Crippen LogP contribution in [0.1, 0.15) is 37.1 Å². The molecule has 1 saturated heterocycles. The summed E-state index contributed by atoms with van der Waals surface area (Å²) in [4.78, 5) is 11.6. The second kappa shape index (κ2) is 9.87. The number of nitrogens with one attached hydrogen (secondary N) is 1. The molecule has 1 aliphatic carbocycles. The molecule has 1 aromatic carbocycles. The first-order valence-electron chi connectivity index (χ1n) is 11.7. The fourth-order valence-electron chi connectivity index (χ4n) is 4.76. The van der Waals surface area contributed by atoms with Gasteiger partial charge in [0, 0.05) is 37.2 Å². The molecule has 5 rings (SSSR count). The Hall–Kier alpha value is -2.11. The quantitative estimate of drug-likeness (QED) is 0.446. The highest BCUT2D eigenvalue weighted by Crippen LogP contribution is 2.39. The van der Waals surface area contributed by atoms with Crippen LogP contribution in [-0.4, -0.2) is 57.9 Å². The van der Waals surface area contributed by atoms with Crippen LogP contribution in [-0.2, 0) is 25.0 Å². The van der Waals surface area contributed by atoms with Crippen molar-refractivity contribution in [3.63, 3.8) is 0 Å². The Kier molecular flexibility index (Phi) is 6.85. The Morgan fingerprint density at radius 2 is 1.97 bits per heavy atom. The molecule has 1 saturated carbocycles. The normalized spacial score (nSPS) is 18.8. The zero-order valence-electron chi connectivity index (χ0n) is 19.3. The lowest BCUT2D eigenvalue weighted by molar-refractivity contribution is 0.00378. The molecule has 0 atom stereocenters. The van der Waals surface area contributed by atoms with E-state index in [1.807, 2.05) is 17.5 Å². The Morgan fingerprint density at radius 3 is 2.71 bits per heavy atom. The van der Waals surface area contributed by atoms with Gasteiger partial charge in [0.15, 0.2) is 0 Å². The number of methoxy groups -OCH3 is 1. The molecule has 10 heteroatoms. The predicted octanol–water partition coefficient (Wildman–Crippen LogP) is 3.68. The first kappa shape index (κ1) is 23.6. The van der Waals surface area contributed by atoms with Gasteiger partial charge in [0.05, 0.1) is 35.3 Å². The number of anilines is 1. The summed E-state index contributed by atoms with van der Waals surface area (Å²) >= 11 is 1.52. The highest BCUT2D eigenvalue weighted by molar-refractivity contribution is 7.89. The maximum Gasteiger partial charge on any atom is 0.241 e. The first-order chi connectivity index (χ1) is 16.5. The lowest BCUT2D eigenvalue weighted by Gasteiger charge is -2.39. The van der Waals surface area contributed by atoms with Crippen molar-refractivity contribution in [2.75, 3.05) is 38.3 Å². The van der Waals surface area contributed by atoms with Gasteiger partial charge in [-0.25, -0.2) is 18.4 Å². The average Bonchev–Trinajstić information content (AvgIpc) is 3.36. The van der Waals surface area contributed by atoms with Crippen molar-refractivity contribution >= 4 is 38.1 Å². The molecule has 2 aliphatic rings. The third-order valence-electron chi connectivity index (χ3n) is 6.65. The van der Waals surface area contributed by atoms with E-state index < -0.39 is 15.6 Å². The Bertz CT molecular complexity index is 1220. The number of rotatable bonds is 9. The molecule has 0 radical (unpaired) electrons. The number of sulfonamides is 1. The zero-order chi connectivity index (χ0) is 23.6. The van der Waals surface area contributed by atoms with E-state index >= 15 is 0 Å². The van der Waals surface area contributed by atoms with E-state index in [-0.39, 0.29) is 11.0 Å². The van der Waals surface area contributed by atoms with Gasteiger partial charge < -0.3 is 14.4 Å². The Morgan fingerprint density at radius 1 is 1.15 bits per heavy atom. The monoisotopic (exact) mass is 502 g/mol. The first-order valence-corrected chi connectivity index (χ1v) is 14.1. The highest BCUT2D eigenvalue weighted by atomic mass is 32.2. The third-order valence-corrected chi connectivity index (χ3v) is 9.16. The molecule has 34 heavy (non-hydrogen) atoms. The minimum atomic E-state index is -3.72. The Labute approximate surface area is 204 Å². The number of pyridine rings is 1. The van der Waals surface area contributed by atoms with Crippen molar-refractivity contribution in [1.29, 1.82) is 0 Å². The summed E-state index contributed by atoms with van der Waals surface area (Å²) in [6.45, 7) is 2.76. The summed E-state index contributed by atoms with van der Waals surface area (Å²) in [5.74, 6) is 0.873. The SMILES string of the molecule is COCCOC1CN(c2ccc3cc(S(=O)(=O)NC4(c5nccs5)CCCCC4)ccc3n2)C1. The fraction of sp³-hybridized carbons (Fsp3) is 0.500. The maximum absolute atomic E-state index is 13.4. The zero-order valence-corrected chi connectivity index (χ0v) is 20.9. The standard InChI is InChI=1S/C24H30N4O4S2/c1-31-12-13-32-19-16-28(17-19)22-8-5-18-15-20(6-7-21(18)26-22)34(29,30)27-24(9-3-2-4-10-24)23-25-11-14-33-23/h5-8,11,14-15,19,27H,2-4,9-10,12-13,16-17H2,1H3. The minimum Gasteiger partial charge on any atom is -0.382 e. The molecule has 0 amide bonds. The number of aromatic nitrogens is 2. The fourth-order valence-corrected chi connectivity index (χ4v) is 7.14.